The van der Waals surface area contributed by atoms with E-state index in [1.54, 1.807) is 0 Å². The van der Waals surface area contributed by atoms with Gasteiger partial charge in [-0.2, -0.15) is 5.26 Å². The Bertz CT molecular complexity index is 216. The summed E-state index contributed by atoms with van der Waals surface area (Å²) in [7, 11) is 0. The van der Waals surface area contributed by atoms with Gasteiger partial charge >= 0.3 is 0 Å². The summed E-state index contributed by atoms with van der Waals surface area (Å²) in [6, 6.07) is 2.11. The summed E-state index contributed by atoms with van der Waals surface area (Å²) in [4.78, 5) is 11.5. The third-order valence-corrected chi connectivity index (χ3v) is 2.84. The average molecular weight is 165 g/mol. The van der Waals surface area contributed by atoms with Gasteiger partial charge in [0.2, 0.25) is 0 Å². The first-order valence-corrected chi connectivity index (χ1v) is 4.59. The van der Waals surface area contributed by atoms with Gasteiger partial charge in [-0.1, -0.05) is 13.3 Å². The van der Waals surface area contributed by atoms with Crippen molar-refractivity contribution in [2.75, 3.05) is 0 Å². The van der Waals surface area contributed by atoms with Crippen LogP contribution in [-0.2, 0) is 4.79 Å². The van der Waals surface area contributed by atoms with E-state index in [-0.39, 0.29) is 5.41 Å². The van der Waals surface area contributed by atoms with Gasteiger partial charge in [-0.3, -0.25) is 4.79 Å². The smallest absolute Gasteiger partial charge is 0.138 e. The molecule has 1 fully saturated rings. The molecule has 0 aromatic heterocycles. The minimum Gasteiger partial charge on any atom is -0.299 e. The Balaban J connectivity index is 2.55. The molecule has 0 unspecified atom stereocenters. The predicted octanol–water partition coefficient (Wildman–Crippen LogP) is 2.44. The number of Topliss-reactive ketones (excluding diaryl/α,β-unsaturated/α-hetero) is 1. The van der Waals surface area contributed by atoms with Gasteiger partial charge in [0.1, 0.15) is 5.78 Å². The fraction of sp³-hybridized carbons (Fsp3) is 0.800. The summed E-state index contributed by atoms with van der Waals surface area (Å²) in [5.74, 6) is 0.365. The summed E-state index contributed by atoms with van der Waals surface area (Å²) in [5.41, 5.74) is -0.173. The number of ketones is 1. The van der Waals surface area contributed by atoms with Crippen LogP contribution in [0.15, 0.2) is 0 Å². The highest BCUT2D eigenvalue weighted by Crippen LogP contribution is 2.36. The average Bonchev–Trinajstić information content (AvgIpc) is 2.07. The number of nitriles is 1. The zero-order chi connectivity index (χ0) is 9.03. The van der Waals surface area contributed by atoms with Gasteiger partial charge < -0.3 is 0 Å². The van der Waals surface area contributed by atoms with Gasteiger partial charge in [-0.25, -0.2) is 0 Å². The Hall–Kier alpha value is -0.840. The van der Waals surface area contributed by atoms with Gasteiger partial charge in [-0.05, 0) is 19.3 Å². The zero-order valence-corrected chi connectivity index (χ0v) is 7.60. The van der Waals surface area contributed by atoms with E-state index in [2.05, 4.69) is 6.07 Å². The topological polar surface area (TPSA) is 40.9 Å². The molecule has 66 valence electrons. The second-order valence-corrected chi connectivity index (χ2v) is 3.85. The maximum Gasteiger partial charge on any atom is 0.138 e. The molecule has 0 amide bonds. The molecule has 1 aliphatic carbocycles. The van der Waals surface area contributed by atoms with Crippen molar-refractivity contribution in [3.8, 4) is 6.07 Å². The van der Waals surface area contributed by atoms with E-state index in [4.69, 9.17) is 5.26 Å². The highest BCUT2D eigenvalue weighted by Gasteiger charge is 2.34. The van der Waals surface area contributed by atoms with E-state index in [0.29, 0.717) is 12.2 Å². The standard InChI is InChI=1S/C10H15NO/c1-10(7-4-8-11)6-3-2-5-9(10)12/h2-7H2,1H3/t10-/m1/s1. The summed E-state index contributed by atoms with van der Waals surface area (Å²) >= 11 is 0. The summed E-state index contributed by atoms with van der Waals surface area (Å²) < 4.78 is 0. The van der Waals surface area contributed by atoms with E-state index < -0.39 is 0 Å². The van der Waals surface area contributed by atoms with Gasteiger partial charge in [0, 0.05) is 18.3 Å². The molecule has 0 aromatic carbocycles. The summed E-state index contributed by atoms with van der Waals surface area (Å²) in [5, 5.41) is 8.44. The SMILES string of the molecule is C[C@]1(CCC#N)CCCCC1=O. The number of hydrogen-bond donors (Lipinski definition) is 0. The van der Waals surface area contributed by atoms with E-state index in [1.165, 1.54) is 0 Å². The lowest BCUT2D eigenvalue weighted by Gasteiger charge is -2.31. The van der Waals surface area contributed by atoms with Crippen LogP contribution in [0, 0.1) is 16.7 Å². The normalized spacial score (nSPS) is 29.8. The fourth-order valence-corrected chi connectivity index (χ4v) is 1.84. The Labute approximate surface area is 73.6 Å². The van der Waals surface area contributed by atoms with Crippen molar-refractivity contribution in [3.63, 3.8) is 0 Å². The summed E-state index contributed by atoms with van der Waals surface area (Å²) in [6.07, 6.45) is 5.16. The molecule has 2 nitrogen and oxygen atoms in total. The minimum absolute atomic E-state index is 0.173. The van der Waals surface area contributed by atoms with E-state index in [0.717, 1.165) is 32.1 Å². The molecule has 0 aliphatic heterocycles. The van der Waals surface area contributed by atoms with Crippen molar-refractivity contribution in [3.05, 3.63) is 0 Å². The molecule has 0 radical (unpaired) electrons. The lowest BCUT2D eigenvalue weighted by molar-refractivity contribution is -0.130. The first-order valence-electron chi connectivity index (χ1n) is 4.59. The van der Waals surface area contributed by atoms with Crippen LogP contribution in [0.5, 0.6) is 0 Å². The molecule has 0 heterocycles. The van der Waals surface area contributed by atoms with Crippen molar-refractivity contribution in [1.29, 1.82) is 5.26 Å². The molecule has 1 saturated carbocycles. The zero-order valence-electron chi connectivity index (χ0n) is 7.60. The molecular weight excluding hydrogens is 150 g/mol. The first-order chi connectivity index (χ1) is 5.69. The lowest BCUT2D eigenvalue weighted by Crippen LogP contribution is -2.30. The Morgan fingerprint density at radius 3 is 2.92 bits per heavy atom. The van der Waals surface area contributed by atoms with Crippen molar-refractivity contribution in [2.24, 2.45) is 5.41 Å². The van der Waals surface area contributed by atoms with Crippen LogP contribution >= 0.6 is 0 Å². The van der Waals surface area contributed by atoms with Gasteiger partial charge in [0.05, 0.1) is 6.07 Å². The fourth-order valence-electron chi connectivity index (χ4n) is 1.84. The quantitative estimate of drug-likeness (QED) is 0.630. The molecule has 1 rings (SSSR count). The van der Waals surface area contributed by atoms with Crippen LogP contribution in [0.3, 0.4) is 0 Å². The van der Waals surface area contributed by atoms with Crippen LogP contribution in [-0.4, -0.2) is 5.78 Å². The van der Waals surface area contributed by atoms with Crippen LogP contribution in [0.4, 0.5) is 0 Å². The van der Waals surface area contributed by atoms with Crippen molar-refractivity contribution in [1.82, 2.24) is 0 Å². The van der Waals surface area contributed by atoms with Crippen LogP contribution < -0.4 is 0 Å². The second kappa shape index (κ2) is 3.71. The number of carbonyl (C=O) groups is 1. The maximum atomic E-state index is 11.5. The molecule has 0 N–H and O–H groups in total. The second-order valence-electron chi connectivity index (χ2n) is 3.85. The molecule has 2 heteroatoms. The van der Waals surface area contributed by atoms with E-state index in [1.807, 2.05) is 6.92 Å². The molecule has 12 heavy (non-hydrogen) atoms. The Kier molecular flexibility index (Phi) is 2.86. The number of rotatable bonds is 2. The molecular formula is C10H15NO. The largest absolute Gasteiger partial charge is 0.299 e. The molecule has 0 spiro atoms. The Morgan fingerprint density at radius 2 is 2.33 bits per heavy atom. The molecule has 0 bridgehead atoms. The third kappa shape index (κ3) is 1.85. The molecule has 1 aliphatic rings. The number of hydrogen-bond acceptors (Lipinski definition) is 2. The highest BCUT2D eigenvalue weighted by atomic mass is 16.1. The third-order valence-electron chi connectivity index (χ3n) is 2.84. The molecule has 0 saturated heterocycles. The number of carbonyl (C=O) groups excluding carboxylic acids is 1. The monoisotopic (exact) mass is 165 g/mol. The van der Waals surface area contributed by atoms with Gasteiger partial charge in [-0.15, -0.1) is 0 Å². The molecule has 0 aromatic rings. The van der Waals surface area contributed by atoms with Crippen molar-refractivity contribution in [2.45, 2.75) is 45.4 Å². The van der Waals surface area contributed by atoms with Crippen LogP contribution in [0.25, 0.3) is 0 Å². The van der Waals surface area contributed by atoms with Crippen LogP contribution in [0.2, 0.25) is 0 Å². The van der Waals surface area contributed by atoms with Crippen LogP contribution in [0.1, 0.15) is 45.4 Å². The van der Waals surface area contributed by atoms with E-state index >= 15 is 0 Å². The van der Waals surface area contributed by atoms with Gasteiger partial charge in [0.25, 0.3) is 0 Å². The first kappa shape index (κ1) is 9.25. The van der Waals surface area contributed by atoms with Crippen molar-refractivity contribution < 1.29 is 4.79 Å². The predicted molar refractivity (Wildman–Crippen MR) is 46.4 cm³/mol. The number of nitrogens with zero attached hydrogens (tertiary/aromatic N) is 1. The highest BCUT2D eigenvalue weighted by molar-refractivity contribution is 5.85. The maximum absolute atomic E-state index is 11.5. The minimum atomic E-state index is -0.173. The summed E-state index contributed by atoms with van der Waals surface area (Å²) in [6.45, 7) is 2.01. The molecule has 1 atom stereocenters. The Morgan fingerprint density at radius 1 is 1.58 bits per heavy atom. The van der Waals surface area contributed by atoms with Gasteiger partial charge in [0.15, 0.2) is 0 Å². The van der Waals surface area contributed by atoms with E-state index in [9.17, 15) is 4.79 Å². The lowest BCUT2D eigenvalue weighted by atomic mass is 9.72. The van der Waals surface area contributed by atoms with Crippen molar-refractivity contribution >= 4 is 5.78 Å².